The van der Waals surface area contributed by atoms with E-state index in [1.165, 1.54) is 32.1 Å². The maximum Gasteiger partial charge on any atom is 0.229 e. The Morgan fingerprint density at radius 3 is 1.80 bits per heavy atom. The molecule has 0 aromatic carbocycles. The van der Waals surface area contributed by atoms with Crippen molar-refractivity contribution >= 4 is 17.8 Å². The molecule has 1 rings (SSSR count). The van der Waals surface area contributed by atoms with Gasteiger partial charge in [-0.3, -0.25) is 0 Å². The van der Waals surface area contributed by atoms with E-state index in [1.54, 1.807) is 0 Å². The molecule has 7 nitrogen and oxygen atoms in total. The Morgan fingerprint density at radius 2 is 1.25 bits per heavy atom. The number of unbranched alkanes of at least 4 members (excludes halogenated alkanes) is 7. The number of rotatable bonds is 11. The molecular formula is C13H26N6O. The van der Waals surface area contributed by atoms with Crippen LogP contribution in [0.3, 0.4) is 0 Å². The number of aliphatic hydroxyl groups is 1. The summed E-state index contributed by atoms with van der Waals surface area (Å²) >= 11 is 0. The molecule has 0 atom stereocenters. The maximum absolute atomic E-state index is 8.66. The number of anilines is 3. The van der Waals surface area contributed by atoms with E-state index in [4.69, 9.17) is 16.6 Å². The van der Waals surface area contributed by atoms with Crippen molar-refractivity contribution in [2.24, 2.45) is 0 Å². The highest BCUT2D eigenvalue weighted by atomic mass is 16.2. The van der Waals surface area contributed by atoms with Crippen LogP contribution in [0.1, 0.15) is 51.4 Å². The Kier molecular flexibility index (Phi) is 8.37. The summed E-state index contributed by atoms with van der Waals surface area (Å²) in [5.74, 6) is 0.727. The number of nitrogen functional groups attached to an aromatic ring is 2. The summed E-state index contributed by atoms with van der Waals surface area (Å²) in [6.07, 6.45) is 9.31. The number of aliphatic hydroxyl groups excluding tert-OH is 1. The minimum absolute atomic E-state index is 0.142. The van der Waals surface area contributed by atoms with Gasteiger partial charge >= 0.3 is 0 Å². The van der Waals surface area contributed by atoms with Gasteiger partial charge in [-0.25, -0.2) is 0 Å². The molecule has 0 spiro atoms. The Morgan fingerprint density at radius 1 is 0.750 bits per heavy atom. The van der Waals surface area contributed by atoms with E-state index in [-0.39, 0.29) is 11.9 Å². The fourth-order valence-corrected chi connectivity index (χ4v) is 1.99. The lowest BCUT2D eigenvalue weighted by atomic mass is 10.1. The van der Waals surface area contributed by atoms with Crippen LogP contribution in [-0.4, -0.2) is 33.2 Å². The Bertz CT molecular complexity index is 354. The zero-order valence-corrected chi connectivity index (χ0v) is 12.0. The number of aromatic nitrogens is 3. The highest BCUT2D eigenvalue weighted by Crippen LogP contribution is 2.09. The molecule has 0 bridgehead atoms. The molecule has 0 fully saturated rings. The van der Waals surface area contributed by atoms with Crippen molar-refractivity contribution in [3.8, 4) is 0 Å². The lowest BCUT2D eigenvalue weighted by Crippen LogP contribution is -2.10. The summed E-state index contributed by atoms with van der Waals surface area (Å²) in [6.45, 7) is 1.13. The van der Waals surface area contributed by atoms with Crippen molar-refractivity contribution in [1.82, 2.24) is 15.0 Å². The van der Waals surface area contributed by atoms with Crippen LogP contribution in [0, 0.1) is 0 Å². The van der Waals surface area contributed by atoms with Crippen LogP contribution in [-0.2, 0) is 0 Å². The molecule has 0 amide bonds. The predicted octanol–water partition coefficient (Wildman–Crippen LogP) is 1.56. The van der Waals surface area contributed by atoms with Crippen LogP contribution in [0.2, 0.25) is 0 Å². The van der Waals surface area contributed by atoms with E-state index in [1.807, 2.05) is 0 Å². The molecule has 1 aromatic heterocycles. The zero-order valence-electron chi connectivity index (χ0n) is 12.0. The Hall–Kier alpha value is -1.63. The van der Waals surface area contributed by atoms with Crippen LogP contribution in [0.5, 0.6) is 0 Å². The van der Waals surface area contributed by atoms with Gasteiger partial charge in [-0.1, -0.05) is 38.5 Å². The molecular weight excluding hydrogens is 256 g/mol. The molecule has 0 unspecified atom stereocenters. The van der Waals surface area contributed by atoms with Crippen molar-refractivity contribution < 1.29 is 5.11 Å². The van der Waals surface area contributed by atoms with E-state index in [2.05, 4.69) is 20.3 Å². The molecule has 1 heterocycles. The van der Waals surface area contributed by atoms with Gasteiger partial charge < -0.3 is 21.9 Å². The average Bonchev–Trinajstić information content (AvgIpc) is 2.40. The lowest BCUT2D eigenvalue weighted by Gasteiger charge is -2.05. The van der Waals surface area contributed by atoms with Gasteiger partial charge in [0.1, 0.15) is 0 Å². The highest BCUT2D eigenvalue weighted by Gasteiger charge is 2.00. The fraction of sp³-hybridized carbons (Fsp3) is 0.769. The largest absolute Gasteiger partial charge is 0.396 e. The first-order chi connectivity index (χ1) is 9.72. The number of hydrogen-bond donors (Lipinski definition) is 4. The smallest absolute Gasteiger partial charge is 0.229 e. The molecule has 0 radical (unpaired) electrons. The van der Waals surface area contributed by atoms with E-state index in [9.17, 15) is 0 Å². The van der Waals surface area contributed by atoms with E-state index in [0.717, 1.165) is 25.8 Å². The summed E-state index contributed by atoms with van der Waals surface area (Å²) in [4.78, 5) is 11.6. The second-order valence-corrected chi connectivity index (χ2v) is 4.85. The number of hydrogen-bond acceptors (Lipinski definition) is 7. The van der Waals surface area contributed by atoms with Crippen molar-refractivity contribution in [3.63, 3.8) is 0 Å². The van der Waals surface area contributed by atoms with Crippen molar-refractivity contribution in [2.45, 2.75) is 51.4 Å². The summed E-state index contributed by atoms with van der Waals surface area (Å²) in [7, 11) is 0. The van der Waals surface area contributed by atoms with Crippen LogP contribution in [0.25, 0.3) is 0 Å². The van der Waals surface area contributed by atoms with Gasteiger partial charge in [-0.05, 0) is 12.8 Å². The minimum Gasteiger partial charge on any atom is -0.396 e. The maximum atomic E-state index is 8.66. The van der Waals surface area contributed by atoms with Gasteiger partial charge in [0.15, 0.2) is 0 Å². The number of nitrogens with two attached hydrogens (primary N) is 2. The van der Waals surface area contributed by atoms with E-state index >= 15 is 0 Å². The first-order valence-electron chi connectivity index (χ1n) is 7.34. The van der Waals surface area contributed by atoms with Gasteiger partial charge in [-0.15, -0.1) is 0 Å². The summed E-state index contributed by atoms with van der Waals surface area (Å²) in [5, 5.41) is 11.8. The summed E-state index contributed by atoms with van der Waals surface area (Å²) < 4.78 is 0. The second kappa shape index (κ2) is 10.2. The van der Waals surface area contributed by atoms with Gasteiger partial charge in [-0.2, -0.15) is 15.0 Å². The summed E-state index contributed by atoms with van der Waals surface area (Å²) in [5.41, 5.74) is 11.0. The normalized spacial score (nSPS) is 10.7. The molecule has 6 N–H and O–H groups in total. The first-order valence-corrected chi connectivity index (χ1v) is 7.34. The average molecular weight is 282 g/mol. The van der Waals surface area contributed by atoms with Crippen molar-refractivity contribution in [2.75, 3.05) is 29.9 Å². The highest BCUT2D eigenvalue weighted by molar-refractivity contribution is 5.36. The molecule has 1 aromatic rings. The third-order valence-corrected chi connectivity index (χ3v) is 3.04. The van der Waals surface area contributed by atoms with Crippen LogP contribution < -0.4 is 16.8 Å². The van der Waals surface area contributed by atoms with E-state index < -0.39 is 0 Å². The molecule has 0 aliphatic heterocycles. The minimum atomic E-state index is 0.142. The topological polar surface area (TPSA) is 123 Å². The van der Waals surface area contributed by atoms with Crippen molar-refractivity contribution in [1.29, 1.82) is 0 Å². The van der Waals surface area contributed by atoms with Gasteiger partial charge in [0.05, 0.1) is 0 Å². The van der Waals surface area contributed by atoms with Gasteiger partial charge in [0, 0.05) is 13.2 Å². The SMILES string of the molecule is Nc1nc(N)nc(NCCCCCCCCCCO)n1. The molecule has 0 aliphatic rings. The molecule has 114 valence electrons. The fourth-order valence-electron chi connectivity index (χ4n) is 1.99. The number of nitrogens with zero attached hydrogens (tertiary/aromatic N) is 3. The van der Waals surface area contributed by atoms with Gasteiger partial charge in [0.2, 0.25) is 17.8 Å². The third-order valence-electron chi connectivity index (χ3n) is 3.04. The van der Waals surface area contributed by atoms with Crippen LogP contribution >= 0.6 is 0 Å². The Labute approximate surface area is 120 Å². The second-order valence-electron chi connectivity index (χ2n) is 4.85. The van der Waals surface area contributed by atoms with Crippen LogP contribution in [0.4, 0.5) is 17.8 Å². The molecule has 7 heteroatoms. The number of nitrogens with one attached hydrogen (secondary N) is 1. The monoisotopic (exact) mass is 282 g/mol. The molecule has 0 saturated heterocycles. The van der Waals surface area contributed by atoms with Gasteiger partial charge in [0.25, 0.3) is 0 Å². The molecule has 0 saturated carbocycles. The molecule has 0 aliphatic carbocycles. The zero-order chi connectivity index (χ0) is 14.6. The molecule has 20 heavy (non-hydrogen) atoms. The van der Waals surface area contributed by atoms with Crippen molar-refractivity contribution in [3.05, 3.63) is 0 Å². The van der Waals surface area contributed by atoms with E-state index in [0.29, 0.717) is 12.6 Å². The quantitative estimate of drug-likeness (QED) is 0.454. The van der Waals surface area contributed by atoms with Crippen LogP contribution in [0.15, 0.2) is 0 Å². The lowest BCUT2D eigenvalue weighted by molar-refractivity contribution is 0.282. The predicted molar refractivity (Wildman–Crippen MR) is 81.2 cm³/mol. The Balaban J connectivity index is 1.97. The third kappa shape index (κ3) is 7.73. The first kappa shape index (κ1) is 16.4. The summed E-state index contributed by atoms with van der Waals surface area (Å²) in [6, 6.07) is 0. The standard InChI is InChI=1S/C13H26N6O/c14-11-17-12(15)19-13(18-11)16-9-7-5-3-1-2-4-6-8-10-20/h20H,1-10H2,(H5,14,15,16,17,18,19).